The van der Waals surface area contributed by atoms with Crippen molar-refractivity contribution in [3.05, 3.63) is 28.5 Å². The minimum absolute atomic E-state index is 0.0433. The fourth-order valence-corrected chi connectivity index (χ4v) is 3.40. The summed E-state index contributed by atoms with van der Waals surface area (Å²) in [6, 6.07) is 3.69. The summed E-state index contributed by atoms with van der Waals surface area (Å²) >= 11 is 6.87. The molecule has 0 saturated carbocycles. The minimum atomic E-state index is 0.0433. The molecular weight excluding hydrogens is 360 g/mol. The van der Waals surface area contributed by atoms with Crippen molar-refractivity contribution in [2.45, 2.75) is 19.3 Å². The Bertz CT molecular complexity index is 423. The molecule has 0 N–H and O–H groups in total. The number of aromatic nitrogens is 1. The van der Waals surface area contributed by atoms with Crippen molar-refractivity contribution in [3.63, 3.8) is 0 Å². The van der Waals surface area contributed by atoms with Gasteiger partial charge in [0.05, 0.1) is 0 Å². The van der Waals surface area contributed by atoms with Crippen molar-refractivity contribution in [1.82, 2.24) is 9.88 Å². The van der Waals surface area contributed by atoms with Gasteiger partial charge in [-0.05, 0) is 53.2 Å². The van der Waals surface area contributed by atoms with Crippen molar-refractivity contribution >= 4 is 37.8 Å². The summed E-state index contributed by atoms with van der Waals surface area (Å²) in [6.07, 6.45) is 5.11. The van der Waals surface area contributed by atoms with Crippen LogP contribution in [-0.2, 0) is 0 Å². The predicted octanol–water partition coefficient (Wildman–Crippen LogP) is 3.48. The number of hydrogen-bond acceptors (Lipinski definition) is 2. The Hall–Kier alpha value is -0.420. The summed E-state index contributed by atoms with van der Waals surface area (Å²) in [6.45, 7) is 1.70. The Labute approximate surface area is 124 Å². The first-order chi connectivity index (χ1) is 8.72. The van der Waals surface area contributed by atoms with Gasteiger partial charge in [0, 0.05) is 29.1 Å². The molecule has 5 heteroatoms. The van der Waals surface area contributed by atoms with Crippen LogP contribution < -0.4 is 0 Å². The van der Waals surface area contributed by atoms with Crippen LogP contribution in [-0.4, -0.2) is 34.2 Å². The molecule has 1 aromatic heterocycles. The lowest BCUT2D eigenvalue weighted by molar-refractivity contribution is 0.0665. The second kappa shape index (κ2) is 6.66. The number of hydrogen-bond donors (Lipinski definition) is 0. The molecule has 98 valence electrons. The first kappa shape index (κ1) is 14.0. The number of rotatable bonds is 3. The third-order valence-electron chi connectivity index (χ3n) is 3.28. The standard InChI is InChI=1S/C13H16Br2N2O/c14-6-5-10-3-2-8-17(9-10)13(18)12-11(15)4-1-7-16-12/h1,4,7,10H,2-3,5-6,8-9H2. The summed E-state index contributed by atoms with van der Waals surface area (Å²) in [5, 5.41) is 1.01. The third kappa shape index (κ3) is 3.32. The molecule has 2 rings (SSSR count). The first-order valence-electron chi connectivity index (χ1n) is 6.18. The molecule has 0 aliphatic carbocycles. The van der Waals surface area contributed by atoms with Gasteiger partial charge in [0.25, 0.3) is 5.91 Å². The van der Waals surface area contributed by atoms with Crippen LogP contribution in [0, 0.1) is 5.92 Å². The summed E-state index contributed by atoms with van der Waals surface area (Å²) in [4.78, 5) is 18.5. The molecule has 3 nitrogen and oxygen atoms in total. The van der Waals surface area contributed by atoms with Gasteiger partial charge in [0.15, 0.2) is 0 Å². The van der Waals surface area contributed by atoms with Crippen molar-refractivity contribution in [3.8, 4) is 0 Å². The zero-order valence-electron chi connectivity index (χ0n) is 10.1. The van der Waals surface area contributed by atoms with E-state index in [1.54, 1.807) is 6.20 Å². The Morgan fingerprint density at radius 2 is 2.39 bits per heavy atom. The molecule has 1 aromatic rings. The molecular formula is C13H16Br2N2O. The fraction of sp³-hybridized carbons (Fsp3) is 0.538. The highest BCUT2D eigenvalue weighted by Gasteiger charge is 2.25. The molecule has 18 heavy (non-hydrogen) atoms. The van der Waals surface area contributed by atoms with Crippen LogP contribution in [0.15, 0.2) is 22.8 Å². The Kier molecular flexibility index (Phi) is 5.18. The second-order valence-electron chi connectivity index (χ2n) is 4.57. The predicted molar refractivity (Wildman–Crippen MR) is 79.0 cm³/mol. The molecule has 0 spiro atoms. The van der Waals surface area contributed by atoms with Gasteiger partial charge in [-0.1, -0.05) is 15.9 Å². The smallest absolute Gasteiger partial charge is 0.273 e. The normalized spacial score (nSPS) is 19.9. The van der Waals surface area contributed by atoms with E-state index < -0.39 is 0 Å². The van der Waals surface area contributed by atoms with Crippen molar-refractivity contribution in [2.24, 2.45) is 5.92 Å². The molecule has 1 amide bonds. The molecule has 2 heterocycles. The van der Waals surface area contributed by atoms with E-state index in [9.17, 15) is 4.79 Å². The molecule has 1 aliphatic heterocycles. The molecule has 0 bridgehead atoms. The summed E-state index contributed by atoms with van der Waals surface area (Å²) in [5.41, 5.74) is 0.525. The zero-order chi connectivity index (χ0) is 13.0. The lowest BCUT2D eigenvalue weighted by Gasteiger charge is -2.32. The van der Waals surface area contributed by atoms with Gasteiger partial charge in [-0.15, -0.1) is 0 Å². The van der Waals surface area contributed by atoms with Gasteiger partial charge in [0.1, 0.15) is 5.69 Å². The Morgan fingerprint density at radius 1 is 1.56 bits per heavy atom. The maximum absolute atomic E-state index is 12.4. The van der Waals surface area contributed by atoms with Crippen LogP contribution in [0.5, 0.6) is 0 Å². The van der Waals surface area contributed by atoms with Crippen LogP contribution in [0.25, 0.3) is 0 Å². The topological polar surface area (TPSA) is 33.2 Å². The van der Waals surface area contributed by atoms with Gasteiger partial charge in [-0.3, -0.25) is 4.79 Å². The van der Waals surface area contributed by atoms with E-state index in [-0.39, 0.29) is 5.91 Å². The molecule has 1 fully saturated rings. The van der Waals surface area contributed by atoms with E-state index in [0.29, 0.717) is 11.6 Å². The van der Waals surface area contributed by atoms with Crippen LogP contribution in [0.1, 0.15) is 29.8 Å². The highest BCUT2D eigenvalue weighted by atomic mass is 79.9. The molecule has 1 unspecified atom stereocenters. The average Bonchev–Trinajstić information content (AvgIpc) is 2.39. The van der Waals surface area contributed by atoms with Crippen LogP contribution >= 0.6 is 31.9 Å². The maximum atomic E-state index is 12.4. The van der Waals surface area contributed by atoms with E-state index >= 15 is 0 Å². The number of halogens is 2. The summed E-state index contributed by atoms with van der Waals surface area (Å²) < 4.78 is 0.776. The molecule has 1 aliphatic rings. The molecule has 1 saturated heterocycles. The fourth-order valence-electron chi connectivity index (χ4n) is 2.33. The van der Waals surface area contributed by atoms with Crippen molar-refractivity contribution < 1.29 is 4.79 Å². The van der Waals surface area contributed by atoms with Gasteiger partial charge in [-0.2, -0.15) is 0 Å². The first-order valence-corrected chi connectivity index (χ1v) is 8.09. The number of likely N-dealkylation sites (tertiary alicyclic amines) is 1. The number of carbonyl (C=O) groups excluding carboxylic acids is 1. The number of carbonyl (C=O) groups is 1. The average molecular weight is 376 g/mol. The summed E-state index contributed by atoms with van der Waals surface area (Å²) in [7, 11) is 0. The van der Waals surface area contributed by atoms with Gasteiger partial charge >= 0.3 is 0 Å². The number of amides is 1. The molecule has 0 radical (unpaired) electrons. The lowest BCUT2D eigenvalue weighted by Crippen LogP contribution is -2.40. The van der Waals surface area contributed by atoms with Crippen molar-refractivity contribution in [1.29, 1.82) is 0 Å². The van der Waals surface area contributed by atoms with Gasteiger partial charge < -0.3 is 4.90 Å². The van der Waals surface area contributed by atoms with Gasteiger partial charge in [0.2, 0.25) is 0 Å². The third-order valence-corrected chi connectivity index (χ3v) is 4.38. The number of nitrogens with zero attached hydrogens (tertiary/aromatic N) is 2. The van der Waals surface area contributed by atoms with E-state index in [0.717, 1.165) is 35.7 Å². The van der Waals surface area contributed by atoms with E-state index in [1.165, 1.54) is 6.42 Å². The van der Waals surface area contributed by atoms with Crippen LogP contribution in [0.3, 0.4) is 0 Å². The monoisotopic (exact) mass is 374 g/mol. The number of alkyl halides is 1. The second-order valence-corrected chi connectivity index (χ2v) is 6.22. The number of piperidine rings is 1. The minimum Gasteiger partial charge on any atom is -0.337 e. The highest BCUT2D eigenvalue weighted by molar-refractivity contribution is 9.10. The maximum Gasteiger partial charge on any atom is 0.273 e. The molecule has 0 aromatic carbocycles. The highest BCUT2D eigenvalue weighted by Crippen LogP contribution is 2.23. The van der Waals surface area contributed by atoms with E-state index in [1.807, 2.05) is 17.0 Å². The van der Waals surface area contributed by atoms with Crippen LogP contribution in [0.2, 0.25) is 0 Å². The van der Waals surface area contributed by atoms with E-state index in [2.05, 4.69) is 36.8 Å². The lowest BCUT2D eigenvalue weighted by atomic mass is 9.95. The van der Waals surface area contributed by atoms with Gasteiger partial charge in [-0.25, -0.2) is 4.98 Å². The largest absolute Gasteiger partial charge is 0.337 e. The van der Waals surface area contributed by atoms with E-state index in [4.69, 9.17) is 0 Å². The Morgan fingerprint density at radius 3 is 3.11 bits per heavy atom. The Balaban J connectivity index is 2.07. The SMILES string of the molecule is O=C(c1ncccc1Br)N1CCCC(CCBr)C1. The number of pyridine rings is 1. The van der Waals surface area contributed by atoms with Crippen molar-refractivity contribution in [2.75, 3.05) is 18.4 Å². The summed E-state index contributed by atoms with van der Waals surface area (Å²) in [5.74, 6) is 0.659. The zero-order valence-corrected chi connectivity index (χ0v) is 13.3. The molecule has 1 atom stereocenters. The van der Waals surface area contributed by atoms with Crippen LogP contribution in [0.4, 0.5) is 0 Å². The quantitative estimate of drug-likeness (QED) is 0.757.